The Labute approximate surface area is 225 Å². The monoisotopic (exact) mass is 519 g/mol. The van der Waals surface area contributed by atoms with Crippen LogP contribution in [0.15, 0.2) is 91.0 Å². The lowest BCUT2D eigenvalue weighted by atomic mass is 9.84. The van der Waals surface area contributed by atoms with Gasteiger partial charge in [0.05, 0.1) is 4.75 Å². The van der Waals surface area contributed by atoms with Crippen molar-refractivity contribution in [2.24, 2.45) is 0 Å². The molecule has 0 saturated carbocycles. The number of thioether (sulfide) groups is 1. The summed E-state index contributed by atoms with van der Waals surface area (Å²) in [4.78, 5) is 0. The second kappa shape index (κ2) is 13.6. The van der Waals surface area contributed by atoms with Crippen molar-refractivity contribution in [1.82, 2.24) is 5.32 Å². The maximum atomic E-state index is 6.31. The summed E-state index contributed by atoms with van der Waals surface area (Å²) in [5, 5.41) is 3.95. The van der Waals surface area contributed by atoms with Crippen LogP contribution >= 0.6 is 11.8 Å². The van der Waals surface area contributed by atoms with Crippen LogP contribution in [0.1, 0.15) is 56.7 Å². The minimum Gasteiger partial charge on any atom is -0.417 e. The fourth-order valence-corrected chi connectivity index (χ4v) is 6.80. The molecule has 36 heavy (non-hydrogen) atoms. The third-order valence-electron chi connectivity index (χ3n) is 7.37. The second-order valence-corrected chi connectivity index (χ2v) is 17.2. The normalized spacial score (nSPS) is 12.6. The van der Waals surface area contributed by atoms with Crippen LogP contribution < -0.4 is 5.32 Å². The van der Waals surface area contributed by atoms with Gasteiger partial charge in [0.15, 0.2) is 8.32 Å². The average Bonchev–Trinajstić information content (AvgIpc) is 2.88. The Morgan fingerprint density at radius 1 is 0.667 bits per heavy atom. The van der Waals surface area contributed by atoms with Gasteiger partial charge in [-0.1, -0.05) is 112 Å². The summed E-state index contributed by atoms with van der Waals surface area (Å²) in [6.07, 6.45) is 3.44. The number of nitrogens with one attached hydrogen (secondary N) is 1. The number of rotatable bonds is 14. The van der Waals surface area contributed by atoms with Gasteiger partial charge in [0.2, 0.25) is 0 Å². The first-order valence-electron chi connectivity index (χ1n) is 13.4. The first kappa shape index (κ1) is 28.7. The average molecular weight is 520 g/mol. The summed E-state index contributed by atoms with van der Waals surface area (Å²) < 4.78 is 6.09. The van der Waals surface area contributed by atoms with E-state index in [-0.39, 0.29) is 9.79 Å². The van der Waals surface area contributed by atoms with E-state index in [1.54, 1.807) is 0 Å². The van der Waals surface area contributed by atoms with Crippen LogP contribution in [0.4, 0.5) is 0 Å². The van der Waals surface area contributed by atoms with Gasteiger partial charge in [0.1, 0.15) is 0 Å². The molecule has 3 aromatic carbocycles. The molecule has 0 aliphatic heterocycles. The Morgan fingerprint density at radius 3 is 1.56 bits per heavy atom. The van der Waals surface area contributed by atoms with Gasteiger partial charge in [-0.15, -0.1) is 11.8 Å². The molecule has 0 bridgehead atoms. The smallest absolute Gasteiger partial charge is 0.191 e. The highest BCUT2D eigenvalue weighted by molar-refractivity contribution is 8.00. The molecule has 0 aromatic heterocycles. The first-order valence-corrected chi connectivity index (χ1v) is 17.3. The van der Waals surface area contributed by atoms with Crippen LogP contribution in [0.25, 0.3) is 0 Å². The maximum absolute atomic E-state index is 6.31. The third kappa shape index (κ3) is 7.58. The van der Waals surface area contributed by atoms with Crippen LogP contribution in [-0.4, -0.2) is 33.8 Å². The number of hydrogen-bond donors (Lipinski definition) is 1. The van der Waals surface area contributed by atoms with Crippen LogP contribution in [0.3, 0.4) is 0 Å². The van der Waals surface area contributed by atoms with Gasteiger partial charge in [-0.2, -0.15) is 0 Å². The molecule has 0 heterocycles. The molecule has 0 atom stereocenters. The van der Waals surface area contributed by atoms with Gasteiger partial charge in [-0.25, -0.2) is 0 Å². The largest absolute Gasteiger partial charge is 0.417 e. The molecule has 0 aliphatic carbocycles. The van der Waals surface area contributed by atoms with E-state index in [4.69, 9.17) is 4.43 Å². The summed E-state index contributed by atoms with van der Waals surface area (Å²) in [5.74, 6) is 1.08. The number of unbranched alkanes of at least 4 members (excludes halogenated alkanes) is 1. The van der Waals surface area contributed by atoms with Crippen LogP contribution in [-0.2, 0) is 9.17 Å². The highest BCUT2D eigenvalue weighted by Crippen LogP contribution is 2.48. The van der Waals surface area contributed by atoms with Crippen LogP contribution in [0.5, 0.6) is 0 Å². The van der Waals surface area contributed by atoms with Crippen molar-refractivity contribution in [3.8, 4) is 0 Å². The fourth-order valence-electron chi connectivity index (χ4n) is 4.21. The van der Waals surface area contributed by atoms with Crippen molar-refractivity contribution in [3.63, 3.8) is 0 Å². The number of benzene rings is 3. The lowest BCUT2D eigenvalue weighted by Crippen LogP contribution is -2.41. The predicted molar refractivity (Wildman–Crippen MR) is 162 cm³/mol. The van der Waals surface area contributed by atoms with Gasteiger partial charge in [0, 0.05) is 6.61 Å². The predicted octanol–water partition coefficient (Wildman–Crippen LogP) is 8.49. The minimum absolute atomic E-state index is 0.217. The molecular weight excluding hydrogens is 475 g/mol. The van der Waals surface area contributed by atoms with Crippen molar-refractivity contribution in [2.45, 2.75) is 62.9 Å². The molecule has 0 saturated heterocycles. The summed E-state index contributed by atoms with van der Waals surface area (Å²) in [6.45, 7) is 14.6. The Kier molecular flexibility index (Phi) is 10.9. The zero-order chi connectivity index (χ0) is 25.9. The van der Waals surface area contributed by atoms with E-state index in [0.29, 0.717) is 0 Å². The molecule has 0 fully saturated rings. The van der Waals surface area contributed by atoms with E-state index < -0.39 is 8.32 Å². The number of hydrogen-bond acceptors (Lipinski definition) is 3. The van der Waals surface area contributed by atoms with E-state index >= 15 is 0 Å². The molecule has 2 nitrogen and oxygen atoms in total. The third-order valence-corrected chi connectivity index (χ3v) is 13.5. The summed E-state index contributed by atoms with van der Waals surface area (Å²) in [5.41, 5.74) is 4.01. The molecule has 4 heteroatoms. The quantitative estimate of drug-likeness (QED) is 0.131. The maximum Gasteiger partial charge on any atom is 0.191 e. The molecule has 0 unspecified atom stereocenters. The van der Waals surface area contributed by atoms with Gasteiger partial charge < -0.3 is 9.74 Å². The summed E-state index contributed by atoms with van der Waals surface area (Å²) in [6, 6.07) is 32.9. The van der Waals surface area contributed by atoms with Crippen molar-refractivity contribution < 1.29 is 4.43 Å². The van der Waals surface area contributed by atoms with E-state index in [2.05, 4.69) is 130 Å². The molecular formula is C32H45NOSSi. The van der Waals surface area contributed by atoms with Gasteiger partial charge >= 0.3 is 0 Å². The van der Waals surface area contributed by atoms with Crippen LogP contribution in [0.2, 0.25) is 18.1 Å². The molecule has 1 N–H and O–H groups in total. The molecule has 0 spiro atoms. The Morgan fingerprint density at radius 2 is 1.11 bits per heavy atom. The van der Waals surface area contributed by atoms with Crippen molar-refractivity contribution in [3.05, 3.63) is 108 Å². The van der Waals surface area contributed by atoms with E-state index in [9.17, 15) is 0 Å². The zero-order valence-corrected chi connectivity index (χ0v) is 24.7. The highest BCUT2D eigenvalue weighted by atomic mass is 32.2. The van der Waals surface area contributed by atoms with Gasteiger partial charge in [0.25, 0.3) is 0 Å². The first-order chi connectivity index (χ1) is 17.3. The lowest BCUT2D eigenvalue weighted by molar-refractivity contribution is 0.278. The van der Waals surface area contributed by atoms with E-state index in [1.165, 1.54) is 23.1 Å². The second-order valence-electron chi connectivity index (χ2n) is 11.0. The Hall–Kier alpha value is -1.85. The van der Waals surface area contributed by atoms with Gasteiger partial charge in [-0.05, 0) is 72.9 Å². The van der Waals surface area contributed by atoms with Crippen molar-refractivity contribution >= 4 is 20.1 Å². The van der Waals surface area contributed by atoms with Crippen LogP contribution in [0, 0.1) is 0 Å². The molecule has 3 aromatic rings. The standard InChI is InChI=1S/C32H45NOSSi/c1-31(2,3)36(4,5)34-26-16-15-24-33-25-17-27-35-32(28-18-9-6-10-19-28,29-20-11-7-12-21-29)30-22-13-8-14-23-30/h6-14,18-23,33H,15-17,24-27H2,1-5H3. The van der Waals surface area contributed by atoms with E-state index in [0.717, 1.165) is 38.3 Å². The van der Waals surface area contributed by atoms with Crippen molar-refractivity contribution in [1.29, 1.82) is 0 Å². The highest BCUT2D eigenvalue weighted by Gasteiger charge is 2.37. The zero-order valence-electron chi connectivity index (χ0n) is 22.9. The Bertz CT molecular complexity index is 906. The minimum atomic E-state index is -1.62. The molecule has 0 aliphatic rings. The Balaban J connectivity index is 1.55. The topological polar surface area (TPSA) is 21.3 Å². The summed E-state index contributed by atoms with van der Waals surface area (Å²) in [7, 11) is -1.62. The van der Waals surface area contributed by atoms with Gasteiger partial charge in [-0.3, -0.25) is 0 Å². The van der Waals surface area contributed by atoms with Crippen molar-refractivity contribution in [2.75, 3.05) is 25.4 Å². The molecule has 3 rings (SSSR count). The fraction of sp³-hybridized carbons (Fsp3) is 0.438. The lowest BCUT2D eigenvalue weighted by Gasteiger charge is -2.36. The molecule has 0 amide bonds. The SMILES string of the molecule is CC(C)(C)[Si](C)(C)OCCCCNCCCSC(c1ccccc1)(c1ccccc1)c1ccccc1. The summed E-state index contributed by atoms with van der Waals surface area (Å²) >= 11 is 2.05. The molecule has 194 valence electrons. The van der Waals surface area contributed by atoms with E-state index in [1.807, 2.05) is 11.8 Å². The molecule has 0 radical (unpaired) electrons.